The maximum absolute atomic E-state index is 13.0. The van der Waals surface area contributed by atoms with Crippen LogP contribution >= 0.6 is 11.6 Å². The van der Waals surface area contributed by atoms with E-state index in [4.69, 9.17) is 16.3 Å². The van der Waals surface area contributed by atoms with E-state index in [1.165, 1.54) is 0 Å². The number of rotatable bonds is 7. The fraction of sp³-hybridized carbons (Fsp3) is 0.217. The van der Waals surface area contributed by atoms with Crippen LogP contribution in [-0.4, -0.2) is 20.8 Å². The summed E-state index contributed by atoms with van der Waals surface area (Å²) in [6, 6.07) is 17.1. The third-order valence-electron chi connectivity index (χ3n) is 4.82. The number of para-hydroxylation sites is 1. The van der Waals surface area contributed by atoms with Crippen LogP contribution < -0.4 is 10.3 Å². The van der Waals surface area contributed by atoms with Gasteiger partial charge < -0.3 is 9.30 Å². The number of aromatic nitrogens is 3. The van der Waals surface area contributed by atoms with E-state index in [0.29, 0.717) is 29.4 Å². The smallest absolute Gasteiger partial charge is 0.276 e. The van der Waals surface area contributed by atoms with Crippen LogP contribution in [0.5, 0.6) is 5.75 Å². The summed E-state index contributed by atoms with van der Waals surface area (Å²) in [4.78, 5) is 13.0. The zero-order valence-corrected chi connectivity index (χ0v) is 17.0. The van der Waals surface area contributed by atoms with E-state index in [1.54, 1.807) is 21.5 Å². The van der Waals surface area contributed by atoms with Crippen LogP contribution in [0, 0.1) is 0 Å². The largest absolute Gasteiger partial charge is 0.493 e. The van der Waals surface area contributed by atoms with E-state index in [-0.39, 0.29) is 5.56 Å². The molecule has 0 aliphatic rings. The van der Waals surface area contributed by atoms with Crippen LogP contribution in [0.4, 0.5) is 0 Å². The molecule has 5 nitrogen and oxygen atoms in total. The predicted octanol–water partition coefficient (Wildman–Crippen LogP) is 5.04. The number of halogens is 1. The quantitative estimate of drug-likeness (QED) is 0.403. The lowest BCUT2D eigenvalue weighted by Gasteiger charge is -2.09. The average molecular weight is 408 g/mol. The minimum absolute atomic E-state index is 0.115. The van der Waals surface area contributed by atoms with Crippen LogP contribution in [0.2, 0.25) is 5.02 Å². The summed E-state index contributed by atoms with van der Waals surface area (Å²) in [5, 5.41) is 5.24. The highest BCUT2D eigenvalue weighted by molar-refractivity contribution is 6.31. The zero-order valence-electron chi connectivity index (χ0n) is 16.2. The molecule has 0 bridgehead atoms. The third kappa shape index (κ3) is 4.05. The number of fused-ring (bicyclic) bond motifs is 1. The second-order valence-corrected chi connectivity index (χ2v) is 7.29. The summed E-state index contributed by atoms with van der Waals surface area (Å²) >= 11 is 6.25. The normalized spacial score (nSPS) is 11.1. The lowest BCUT2D eigenvalue weighted by atomic mass is 10.1. The van der Waals surface area contributed by atoms with Crippen molar-refractivity contribution in [1.82, 2.24) is 14.2 Å². The van der Waals surface area contributed by atoms with Crippen molar-refractivity contribution < 1.29 is 4.74 Å². The van der Waals surface area contributed by atoms with Crippen molar-refractivity contribution in [3.05, 3.63) is 87.9 Å². The zero-order chi connectivity index (χ0) is 20.2. The summed E-state index contributed by atoms with van der Waals surface area (Å²) in [5.74, 6) is 0.778. The summed E-state index contributed by atoms with van der Waals surface area (Å²) in [7, 11) is 0. The van der Waals surface area contributed by atoms with Gasteiger partial charge in [-0.3, -0.25) is 4.79 Å². The molecule has 2 aromatic carbocycles. The second kappa shape index (κ2) is 8.53. The average Bonchev–Trinajstić information content (AvgIpc) is 3.17. The molecular weight excluding hydrogens is 386 g/mol. The molecule has 0 spiro atoms. The van der Waals surface area contributed by atoms with Gasteiger partial charge in [0.1, 0.15) is 11.3 Å². The topological polar surface area (TPSA) is 48.5 Å². The molecular formula is C23H22ClN3O2. The van der Waals surface area contributed by atoms with Crippen molar-refractivity contribution in [2.75, 3.05) is 6.61 Å². The summed E-state index contributed by atoms with van der Waals surface area (Å²) < 4.78 is 9.19. The monoisotopic (exact) mass is 407 g/mol. The maximum Gasteiger partial charge on any atom is 0.276 e. The highest BCUT2D eigenvalue weighted by Crippen LogP contribution is 2.29. The Morgan fingerprint density at radius 1 is 1.07 bits per heavy atom. The van der Waals surface area contributed by atoms with E-state index in [9.17, 15) is 4.79 Å². The van der Waals surface area contributed by atoms with Crippen LogP contribution in [0.1, 0.15) is 25.3 Å². The van der Waals surface area contributed by atoms with Gasteiger partial charge in [-0.1, -0.05) is 55.3 Å². The molecule has 0 saturated heterocycles. The fourth-order valence-corrected chi connectivity index (χ4v) is 3.42. The Balaban J connectivity index is 1.70. The summed E-state index contributed by atoms with van der Waals surface area (Å²) in [6.07, 6.45) is 5.59. The lowest BCUT2D eigenvalue weighted by molar-refractivity contribution is 0.310. The highest BCUT2D eigenvalue weighted by atomic mass is 35.5. The number of nitrogens with zero attached hydrogens (tertiary/aromatic N) is 3. The number of hydrogen-bond donors (Lipinski definition) is 0. The van der Waals surface area contributed by atoms with Crippen molar-refractivity contribution in [3.63, 3.8) is 0 Å². The predicted molar refractivity (Wildman–Crippen MR) is 116 cm³/mol. The SMILES string of the molecule is CCCCOc1ccccc1-c1cc2c(=O)n(Cc3ccccc3Cl)ccn2n1. The first-order valence-electron chi connectivity index (χ1n) is 9.72. The molecule has 0 fully saturated rings. The van der Waals surface area contributed by atoms with Crippen molar-refractivity contribution in [3.8, 4) is 17.0 Å². The van der Waals surface area contributed by atoms with Gasteiger partial charge in [-0.15, -0.1) is 0 Å². The first kappa shape index (κ1) is 19.3. The van der Waals surface area contributed by atoms with Gasteiger partial charge >= 0.3 is 0 Å². The minimum Gasteiger partial charge on any atom is -0.493 e. The molecule has 2 aromatic heterocycles. The van der Waals surface area contributed by atoms with E-state index in [2.05, 4.69) is 12.0 Å². The van der Waals surface area contributed by atoms with Crippen LogP contribution in [0.15, 0.2) is 71.8 Å². The van der Waals surface area contributed by atoms with Gasteiger partial charge in [0.2, 0.25) is 0 Å². The molecule has 148 valence electrons. The van der Waals surface area contributed by atoms with Crippen LogP contribution in [-0.2, 0) is 6.54 Å². The standard InChI is InChI=1S/C23H22ClN3O2/c1-2-3-14-29-22-11-7-5-9-18(22)20-15-21-23(28)26(12-13-27(21)25-20)16-17-8-4-6-10-19(17)24/h4-13,15H,2-3,14,16H2,1H3. The number of ether oxygens (including phenoxy) is 1. The molecule has 0 aliphatic carbocycles. The Bertz CT molecular complexity index is 1200. The Morgan fingerprint density at radius 2 is 1.86 bits per heavy atom. The minimum atomic E-state index is -0.115. The first-order valence-corrected chi connectivity index (χ1v) is 10.1. The van der Waals surface area contributed by atoms with Crippen LogP contribution in [0.25, 0.3) is 16.8 Å². The molecule has 29 heavy (non-hydrogen) atoms. The van der Waals surface area contributed by atoms with Gasteiger partial charge in [-0.05, 0) is 36.2 Å². The number of unbranched alkanes of at least 4 members (excludes halogenated alkanes) is 1. The van der Waals surface area contributed by atoms with Gasteiger partial charge in [0.25, 0.3) is 5.56 Å². The van der Waals surface area contributed by atoms with Gasteiger partial charge in [0.15, 0.2) is 0 Å². The van der Waals surface area contributed by atoms with Gasteiger partial charge in [-0.25, -0.2) is 4.52 Å². The molecule has 6 heteroatoms. The van der Waals surface area contributed by atoms with Crippen molar-refractivity contribution in [1.29, 1.82) is 0 Å². The lowest BCUT2D eigenvalue weighted by Crippen LogP contribution is -2.21. The molecule has 2 heterocycles. The number of benzene rings is 2. The Morgan fingerprint density at radius 3 is 2.69 bits per heavy atom. The van der Waals surface area contributed by atoms with Crippen molar-refractivity contribution in [2.24, 2.45) is 0 Å². The molecule has 4 rings (SSSR count). The summed E-state index contributed by atoms with van der Waals surface area (Å²) in [6.45, 7) is 3.20. The van der Waals surface area contributed by atoms with E-state index in [0.717, 1.165) is 29.7 Å². The maximum atomic E-state index is 13.0. The second-order valence-electron chi connectivity index (χ2n) is 6.88. The van der Waals surface area contributed by atoms with Crippen molar-refractivity contribution >= 4 is 17.1 Å². The van der Waals surface area contributed by atoms with E-state index >= 15 is 0 Å². The molecule has 0 amide bonds. The Labute approximate surface area is 174 Å². The molecule has 0 saturated carbocycles. The van der Waals surface area contributed by atoms with E-state index < -0.39 is 0 Å². The Kier molecular flexibility index (Phi) is 5.67. The highest BCUT2D eigenvalue weighted by Gasteiger charge is 2.13. The molecule has 4 aromatic rings. The Hall–Kier alpha value is -3.05. The number of hydrogen-bond acceptors (Lipinski definition) is 3. The molecule has 0 N–H and O–H groups in total. The molecule has 0 unspecified atom stereocenters. The van der Waals surface area contributed by atoms with Gasteiger partial charge in [0.05, 0.1) is 18.8 Å². The molecule has 0 atom stereocenters. The van der Waals surface area contributed by atoms with Crippen LogP contribution in [0.3, 0.4) is 0 Å². The van der Waals surface area contributed by atoms with Crippen molar-refractivity contribution in [2.45, 2.75) is 26.3 Å². The third-order valence-corrected chi connectivity index (χ3v) is 5.19. The summed E-state index contributed by atoms with van der Waals surface area (Å²) in [5.41, 5.74) is 2.89. The fourth-order valence-electron chi connectivity index (χ4n) is 3.22. The van der Waals surface area contributed by atoms with E-state index in [1.807, 2.05) is 54.6 Å². The molecule has 0 radical (unpaired) electrons. The first-order chi connectivity index (χ1) is 14.2. The van der Waals surface area contributed by atoms with Gasteiger partial charge in [0, 0.05) is 23.0 Å². The molecule has 0 aliphatic heterocycles. The van der Waals surface area contributed by atoms with Gasteiger partial charge in [-0.2, -0.15) is 5.10 Å².